The Kier molecular flexibility index (Phi) is 5.04. The standard InChI is InChI=1S/C27H19NO3S/c1-16-10-12-17(13-11-16)28-20-14-15-21(29)25-24(20)26(30)19-8-5-9-22(23(19)27(25)31)32-18-6-3-2-4-7-18/h2-15,28-29H,1H3. The molecule has 0 saturated carbocycles. The fraction of sp³-hybridized carbons (Fsp3) is 0.0370. The largest absolute Gasteiger partial charge is 0.507 e. The Bertz CT molecular complexity index is 1360. The maximum absolute atomic E-state index is 13.6. The van der Waals surface area contributed by atoms with Crippen molar-refractivity contribution < 1.29 is 14.7 Å². The van der Waals surface area contributed by atoms with Gasteiger partial charge in [-0.25, -0.2) is 0 Å². The molecule has 0 bridgehead atoms. The van der Waals surface area contributed by atoms with E-state index in [1.165, 1.54) is 17.8 Å². The number of aromatic hydroxyl groups is 1. The smallest absolute Gasteiger partial charge is 0.199 e. The SMILES string of the molecule is Cc1ccc(Nc2ccc(O)c3c2C(=O)c2cccc(Sc4ccccc4)c2C3=O)cc1. The maximum atomic E-state index is 13.6. The van der Waals surface area contributed by atoms with Gasteiger partial charge in [0, 0.05) is 26.6 Å². The highest BCUT2D eigenvalue weighted by Gasteiger charge is 2.36. The molecular weight excluding hydrogens is 418 g/mol. The lowest BCUT2D eigenvalue weighted by Crippen LogP contribution is -2.23. The molecule has 0 spiro atoms. The highest BCUT2D eigenvalue weighted by Crippen LogP contribution is 2.42. The fourth-order valence-electron chi connectivity index (χ4n) is 3.87. The van der Waals surface area contributed by atoms with E-state index in [4.69, 9.17) is 0 Å². The molecular formula is C27H19NO3S. The van der Waals surface area contributed by atoms with E-state index in [-0.39, 0.29) is 28.4 Å². The molecule has 4 aromatic rings. The van der Waals surface area contributed by atoms with Crippen LogP contribution in [0.1, 0.15) is 37.4 Å². The summed E-state index contributed by atoms with van der Waals surface area (Å²) in [4.78, 5) is 28.8. The van der Waals surface area contributed by atoms with E-state index in [2.05, 4.69) is 5.32 Å². The van der Waals surface area contributed by atoms with Gasteiger partial charge in [0.05, 0.1) is 16.8 Å². The second kappa shape index (κ2) is 8.02. The van der Waals surface area contributed by atoms with Gasteiger partial charge in [0.1, 0.15) is 5.75 Å². The number of phenols is 1. The number of ketones is 2. The first-order valence-electron chi connectivity index (χ1n) is 10.2. The molecule has 32 heavy (non-hydrogen) atoms. The number of anilines is 2. The number of fused-ring (bicyclic) bond motifs is 2. The zero-order valence-corrected chi connectivity index (χ0v) is 18.1. The van der Waals surface area contributed by atoms with Crippen molar-refractivity contribution in [2.24, 2.45) is 0 Å². The van der Waals surface area contributed by atoms with E-state index in [9.17, 15) is 14.7 Å². The average Bonchev–Trinajstić information content (AvgIpc) is 2.80. The number of benzene rings is 4. The first-order valence-corrected chi connectivity index (χ1v) is 11.0. The number of hydrogen-bond donors (Lipinski definition) is 2. The lowest BCUT2D eigenvalue weighted by Gasteiger charge is -2.23. The van der Waals surface area contributed by atoms with Crippen LogP contribution in [-0.4, -0.2) is 16.7 Å². The third-order valence-corrected chi connectivity index (χ3v) is 6.50. The molecule has 0 radical (unpaired) electrons. The number of phenolic OH excluding ortho intramolecular Hbond substituents is 1. The lowest BCUT2D eigenvalue weighted by molar-refractivity contribution is 0.0975. The van der Waals surface area contributed by atoms with E-state index in [0.717, 1.165) is 16.1 Å². The van der Waals surface area contributed by atoms with E-state index in [1.807, 2.05) is 67.6 Å². The van der Waals surface area contributed by atoms with Gasteiger partial charge in [-0.15, -0.1) is 0 Å². The van der Waals surface area contributed by atoms with Crippen LogP contribution in [0.15, 0.2) is 94.7 Å². The summed E-state index contributed by atoms with van der Waals surface area (Å²) in [6.45, 7) is 2.00. The van der Waals surface area contributed by atoms with Crippen LogP contribution < -0.4 is 5.32 Å². The van der Waals surface area contributed by atoms with Crippen LogP contribution in [0.2, 0.25) is 0 Å². The molecule has 1 aliphatic carbocycles. The Hall–Kier alpha value is -3.83. The van der Waals surface area contributed by atoms with Crippen LogP contribution in [0.5, 0.6) is 5.75 Å². The van der Waals surface area contributed by atoms with Crippen LogP contribution >= 0.6 is 11.8 Å². The summed E-state index contributed by atoms with van der Waals surface area (Å²) in [5.74, 6) is -0.827. The molecule has 5 heteroatoms. The predicted octanol–water partition coefficient (Wildman–Crippen LogP) is 6.37. The van der Waals surface area contributed by atoms with Crippen molar-refractivity contribution in [1.82, 2.24) is 0 Å². The highest BCUT2D eigenvalue weighted by molar-refractivity contribution is 7.99. The van der Waals surface area contributed by atoms with Gasteiger partial charge >= 0.3 is 0 Å². The first kappa shape index (κ1) is 20.1. The summed E-state index contributed by atoms with van der Waals surface area (Å²) in [6.07, 6.45) is 0. The van der Waals surface area contributed by atoms with Gasteiger partial charge in [0.15, 0.2) is 11.6 Å². The summed E-state index contributed by atoms with van der Waals surface area (Å²) in [5, 5.41) is 13.8. The minimum absolute atomic E-state index is 0.0423. The molecule has 2 N–H and O–H groups in total. The van der Waals surface area contributed by atoms with Crippen LogP contribution in [0.25, 0.3) is 0 Å². The molecule has 0 atom stereocenters. The molecule has 5 rings (SSSR count). The van der Waals surface area contributed by atoms with Crippen molar-refractivity contribution in [3.8, 4) is 5.75 Å². The number of carbonyl (C=O) groups excluding carboxylic acids is 2. The van der Waals surface area contributed by atoms with Crippen molar-refractivity contribution in [1.29, 1.82) is 0 Å². The molecule has 156 valence electrons. The lowest BCUT2D eigenvalue weighted by atomic mass is 9.82. The van der Waals surface area contributed by atoms with Crippen LogP contribution in [0.3, 0.4) is 0 Å². The van der Waals surface area contributed by atoms with Crippen LogP contribution in [-0.2, 0) is 0 Å². The third-order valence-electron chi connectivity index (χ3n) is 5.44. The van der Waals surface area contributed by atoms with E-state index in [0.29, 0.717) is 21.7 Å². The Balaban J connectivity index is 1.62. The molecule has 0 unspecified atom stereocenters. The predicted molar refractivity (Wildman–Crippen MR) is 126 cm³/mol. The minimum atomic E-state index is -0.348. The van der Waals surface area contributed by atoms with Crippen molar-refractivity contribution in [2.75, 3.05) is 5.32 Å². The Morgan fingerprint density at radius 2 is 1.47 bits per heavy atom. The van der Waals surface area contributed by atoms with E-state index >= 15 is 0 Å². The molecule has 1 aliphatic rings. The van der Waals surface area contributed by atoms with Gasteiger partial charge in [-0.1, -0.05) is 59.8 Å². The number of hydrogen-bond acceptors (Lipinski definition) is 5. The number of nitrogens with one attached hydrogen (secondary N) is 1. The summed E-state index contributed by atoms with van der Waals surface area (Å²) in [7, 11) is 0. The van der Waals surface area contributed by atoms with E-state index in [1.54, 1.807) is 18.2 Å². The van der Waals surface area contributed by atoms with Gasteiger partial charge in [0.25, 0.3) is 0 Å². The van der Waals surface area contributed by atoms with Gasteiger partial charge in [0.2, 0.25) is 0 Å². The Morgan fingerprint density at radius 3 is 2.22 bits per heavy atom. The average molecular weight is 438 g/mol. The third kappa shape index (κ3) is 3.47. The van der Waals surface area contributed by atoms with Crippen molar-refractivity contribution in [2.45, 2.75) is 16.7 Å². The molecule has 0 heterocycles. The van der Waals surface area contributed by atoms with Gasteiger partial charge in [-0.3, -0.25) is 9.59 Å². The van der Waals surface area contributed by atoms with Crippen molar-refractivity contribution in [3.05, 3.63) is 113 Å². The Labute approximate surface area is 189 Å². The molecule has 0 aromatic heterocycles. The van der Waals surface area contributed by atoms with Crippen LogP contribution in [0, 0.1) is 6.92 Å². The zero-order valence-electron chi connectivity index (χ0n) is 17.3. The zero-order chi connectivity index (χ0) is 22.2. The molecule has 0 fully saturated rings. The summed E-state index contributed by atoms with van der Waals surface area (Å²) < 4.78 is 0. The summed E-state index contributed by atoms with van der Waals surface area (Å²) in [5.41, 5.74) is 3.33. The van der Waals surface area contributed by atoms with Gasteiger partial charge in [-0.05, 0) is 49.4 Å². The van der Waals surface area contributed by atoms with Crippen LogP contribution in [0.4, 0.5) is 11.4 Å². The van der Waals surface area contributed by atoms with Gasteiger partial charge < -0.3 is 10.4 Å². The highest BCUT2D eigenvalue weighted by atomic mass is 32.2. The molecule has 0 amide bonds. The fourth-order valence-corrected chi connectivity index (χ4v) is 4.87. The second-order valence-corrected chi connectivity index (χ2v) is 8.74. The first-order chi connectivity index (χ1) is 15.5. The van der Waals surface area contributed by atoms with Gasteiger partial charge in [-0.2, -0.15) is 0 Å². The normalized spacial score (nSPS) is 12.3. The van der Waals surface area contributed by atoms with Crippen molar-refractivity contribution >= 4 is 34.7 Å². The minimum Gasteiger partial charge on any atom is -0.507 e. The topological polar surface area (TPSA) is 66.4 Å². The number of aryl methyl sites for hydroxylation is 1. The summed E-state index contributed by atoms with van der Waals surface area (Å²) in [6, 6.07) is 25.8. The second-order valence-electron chi connectivity index (χ2n) is 7.63. The molecule has 0 saturated heterocycles. The van der Waals surface area contributed by atoms with Crippen molar-refractivity contribution in [3.63, 3.8) is 0 Å². The molecule has 4 nitrogen and oxygen atoms in total. The van der Waals surface area contributed by atoms with E-state index < -0.39 is 0 Å². The summed E-state index contributed by atoms with van der Waals surface area (Å²) >= 11 is 1.43. The number of rotatable bonds is 4. The number of carbonyl (C=O) groups is 2. The monoisotopic (exact) mass is 437 g/mol. The maximum Gasteiger partial charge on any atom is 0.199 e. The Morgan fingerprint density at radius 1 is 0.719 bits per heavy atom. The molecule has 0 aliphatic heterocycles. The molecule has 4 aromatic carbocycles. The quantitative estimate of drug-likeness (QED) is 0.320.